The van der Waals surface area contributed by atoms with Gasteiger partial charge >= 0.3 is 0 Å². The second-order valence-electron chi connectivity index (χ2n) is 3.77. The first-order valence-corrected chi connectivity index (χ1v) is 7.47. The van der Waals surface area contributed by atoms with E-state index in [1.54, 1.807) is 0 Å². The van der Waals surface area contributed by atoms with Crippen LogP contribution < -0.4 is 10.5 Å². The molecule has 0 bridgehead atoms. The molecule has 3 N–H and O–H groups in total. The SMILES string of the molecule is Nc1cc(Br)c(F)c(S(=O)(=O)Nc2cccc(F)n2)c1. The Morgan fingerprint density at radius 2 is 1.95 bits per heavy atom. The van der Waals surface area contributed by atoms with Crippen LogP contribution in [0.5, 0.6) is 0 Å². The molecule has 1 heterocycles. The Morgan fingerprint density at radius 1 is 1.25 bits per heavy atom. The van der Waals surface area contributed by atoms with E-state index >= 15 is 0 Å². The maximum atomic E-state index is 13.8. The van der Waals surface area contributed by atoms with E-state index in [-0.39, 0.29) is 16.0 Å². The summed E-state index contributed by atoms with van der Waals surface area (Å²) in [5.74, 6) is -2.12. The van der Waals surface area contributed by atoms with E-state index < -0.39 is 26.7 Å². The predicted molar refractivity (Wildman–Crippen MR) is 73.5 cm³/mol. The molecular formula is C11H8BrF2N3O2S. The first-order valence-electron chi connectivity index (χ1n) is 5.19. The van der Waals surface area contributed by atoms with Crippen molar-refractivity contribution >= 4 is 37.5 Å². The van der Waals surface area contributed by atoms with Gasteiger partial charge in [-0.3, -0.25) is 4.72 Å². The highest BCUT2D eigenvalue weighted by Gasteiger charge is 2.22. The Morgan fingerprint density at radius 3 is 2.60 bits per heavy atom. The molecule has 0 aliphatic carbocycles. The number of aromatic nitrogens is 1. The summed E-state index contributed by atoms with van der Waals surface area (Å²) in [6.07, 6.45) is 0. The number of anilines is 2. The summed E-state index contributed by atoms with van der Waals surface area (Å²) in [7, 11) is -4.27. The molecule has 0 radical (unpaired) electrons. The Hall–Kier alpha value is -1.74. The van der Waals surface area contributed by atoms with Crippen LogP contribution in [0.3, 0.4) is 0 Å². The van der Waals surface area contributed by atoms with E-state index in [2.05, 4.69) is 20.9 Å². The van der Waals surface area contributed by atoms with Crippen molar-refractivity contribution in [3.8, 4) is 0 Å². The van der Waals surface area contributed by atoms with Gasteiger partial charge < -0.3 is 5.73 Å². The molecule has 0 aliphatic heterocycles. The van der Waals surface area contributed by atoms with Crippen molar-refractivity contribution in [1.82, 2.24) is 4.98 Å². The molecule has 1 aromatic carbocycles. The van der Waals surface area contributed by atoms with Gasteiger partial charge in [0.1, 0.15) is 10.7 Å². The highest BCUT2D eigenvalue weighted by molar-refractivity contribution is 9.10. The van der Waals surface area contributed by atoms with Gasteiger partial charge in [-0.15, -0.1) is 0 Å². The van der Waals surface area contributed by atoms with E-state index in [1.807, 2.05) is 4.72 Å². The van der Waals surface area contributed by atoms with Crippen molar-refractivity contribution in [2.24, 2.45) is 0 Å². The van der Waals surface area contributed by atoms with Gasteiger partial charge in [0.05, 0.1) is 4.47 Å². The highest BCUT2D eigenvalue weighted by atomic mass is 79.9. The van der Waals surface area contributed by atoms with Crippen molar-refractivity contribution in [1.29, 1.82) is 0 Å². The van der Waals surface area contributed by atoms with Crippen LogP contribution in [-0.4, -0.2) is 13.4 Å². The molecule has 5 nitrogen and oxygen atoms in total. The van der Waals surface area contributed by atoms with Crippen molar-refractivity contribution in [2.75, 3.05) is 10.5 Å². The first-order chi connectivity index (χ1) is 9.29. The van der Waals surface area contributed by atoms with Crippen molar-refractivity contribution < 1.29 is 17.2 Å². The van der Waals surface area contributed by atoms with Crippen LogP contribution in [0.25, 0.3) is 0 Å². The minimum Gasteiger partial charge on any atom is -0.399 e. The smallest absolute Gasteiger partial charge is 0.266 e. The van der Waals surface area contributed by atoms with Gasteiger partial charge in [0.15, 0.2) is 5.82 Å². The Kier molecular flexibility index (Phi) is 3.91. The quantitative estimate of drug-likeness (QED) is 0.648. The van der Waals surface area contributed by atoms with Crippen molar-refractivity contribution in [3.63, 3.8) is 0 Å². The third kappa shape index (κ3) is 3.05. The topological polar surface area (TPSA) is 85.1 Å². The molecule has 9 heteroatoms. The molecule has 1 aromatic heterocycles. The van der Waals surface area contributed by atoms with Crippen LogP contribution in [0.4, 0.5) is 20.3 Å². The number of pyridine rings is 1. The monoisotopic (exact) mass is 363 g/mol. The molecule has 0 fully saturated rings. The summed E-state index contributed by atoms with van der Waals surface area (Å²) in [6.45, 7) is 0. The standard InChI is InChI=1S/C11H8BrF2N3O2S/c12-7-4-6(15)5-8(11(7)14)20(18,19)17-10-3-1-2-9(13)16-10/h1-5H,15H2,(H,16,17). The highest BCUT2D eigenvalue weighted by Crippen LogP contribution is 2.27. The first kappa shape index (κ1) is 14.7. The molecule has 0 spiro atoms. The fraction of sp³-hybridized carbons (Fsp3) is 0. The maximum Gasteiger partial charge on any atom is 0.266 e. The number of halogens is 3. The van der Waals surface area contributed by atoms with Crippen molar-refractivity contribution in [2.45, 2.75) is 4.90 Å². The number of sulfonamides is 1. The summed E-state index contributed by atoms with van der Waals surface area (Å²) >= 11 is 2.86. The summed E-state index contributed by atoms with van der Waals surface area (Å²) in [6, 6.07) is 5.75. The van der Waals surface area contributed by atoms with Crippen molar-refractivity contribution in [3.05, 3.63) is 46.6 Å². The van der Waals surface area contributed by atoms with Gasteiger partial charge in [0, 0.05) is 5.69 Å². The second kappa shape index (κ2) is 5.33. The zero-order chi connectivity index (χ0) is 14.9. The number of nitrogens with two attached hydrogens (primary N) is 1. The Labute approximate surface area is 122 Å². The Balaban J connectivity index is 2.46. The van der Waals surface area contributed by atoms with E-state index in [4.69, 9.17) is 5.73 Å². The number of rotatable bonds is 3. The molecule has 106 valence electrons. The molecular weight excluding hydrogens is 356 g/mol. The van der Waals surface area contributed by atoms with Crippen LogP contribution in [0.2, 0.25) is 0 Å². The lowest BCUT2D eigenvalue weighted by molar-refractivity contribution is 0.566. The van der Waals surface area contributed by atoms with Gasteiger partial charge in [0.25, 0.3) is 10.0 Å². The molecule has 0 saturated heterocycles. The zero-order valence-corrected chi connectivity index (χ0v) is 12.2. The summed E-state index contributed by atoms with van der Waals surface area (Å²) in [4.78, 5) is 2.68. The van der Waals surface area contributed by atoms with E-state index in [9.17, 15) is 17.2 Å². The van der Waals surface area contributed by atoms with Crippen LogP contribution in [-0.2, 0) is 10.0 Å². The summed E-state index contributed by atoms with van der Waals surface area (Å²) in [5, 5.41) is 0. The van der Waals surface area contributed by atoms with Gasteiger partial charge in [-0.2, -0.15) is 4.39 Å². The van der Waals surface area contributed by atoms with Crippen LogP contribution in [0.1, 0.15) is 0 Å². The summed E-state index contributed by atoms with van der Waals surface area (Å²) in [5.41, 5.74) is 5.54. The average molecular weight is 364 g/mol. The van der Waals surface area contributed by atoms with Crippen LogP contribution in [0.15, 0.2) is 39.7 Å². The second-order valence-corrected chi connectivity index (χ2v) is 6.27. The number of hydrogen-bond donors (Lipinski definition) is 2. The zero-order valence-electron chi connectivity index (χ0n) is 9.77. The minimum atomic E-state index is -4.27. The lowest BCUT2D eigenvalue weighted by atomic mass is 10.3. The molecule has 2 aromatic rings. The van der Waals surface area contributed by atoms with E-state index in [0.29, 0.717) is 0 Å². The van der Waals surface area contributed by atoms with Crippen LogP contribution in [0, 0.1) is 11.8 Å². The van der Waals surface area contributed by atoms with Gasteiger partial charge in [-0.05, 0) is 40.2 Å². The maximum absolute atomic E-state index is 13.8. The van der Waals surface area contributed by atoms with E-state index in [0.717, 1.165) is 12.1 Å². The predicted octanol–water partition coefficient (Wildman–Crippen LogP) is 2.51. The lowest BCUT2D eigenvalue weighted by Crippen LogP contribution is -2.16. The fourth-order valence-corrected chi connectivity index (χ4v) is 3.18. The fourth-order valence-electron chi connectivity index (χ4n) is 1.44. The average Bonchev–Trinajstić information content (AvgIpc) is 2.33. The number of nitrogens with zero attached hydrogens (tertiary/aromatic N) is 1. The molecule has 0 unspecified atom stereocenters. The molecule has 20 heavy (non-hydrogen) atoms. The normalized spacial score (nSPS) is 11.3. The number of hydrogen-bond acceptors (Lipinski definition) is 4. The minimum absolute atomic E-state index is 0.0610. The molecule has 0 amide bonds. The molecule has 0 saturated carbocycles. The molecule has 0 aliphatic rings. The number of benzene rings is 1. The third-order valence-corrected chi connectivity index (χ3v) is 4.19. The Bertz CT molecular complexity index is 768. The van der Waals surface area contributed by atoms with Gasteiger partial charge in [0.2, 0.25) is 5.95 Å². The third-order valence-electron chi connectivity index (χ3n) is 2.26. The molecule has 2 rings (SSSR count). The van der Waals surface area contributed by atoms with Crippen LogP contribution >= 0.6 is 15.9 Å². The molecule has 0 atom stereocenters. The number of nitrogen functional groups attached to an aromatic ring is 1. The van der Waals surface area contributed by atoms with Gasteiger partial charge in [-0.1, -0.05) is 6.07 Å². The van der Waals surface area contributed by atoms with E-state index in [1.165, 1.54) is 18.2 Å². The lowest BCUT2D eigenvalue weighted by Gasteiger charge is -2.10. The van der Waals surface area contributed by atoms with Gasteiger partial charge in [-0.25, -0.2) is 17.8 Å². The largest absolute Gasteiger partial charge is 0.399 e. The summed E-state index contributed by atoms with van der Waals surface area (Å²) < 4.78 is 52.7. The number of nitrogens with one attached hydrogen (secondary N) is 1.